The number of benzene rings is 3. The third-order valence-corrected chi connectivity index (χ3v) is 4.40. The van der Waals surface area contributed by atoms with Crippen LogP contribution in [0, 0.1) is 5.82 Å². The minimum atomic E-state index is -0.250. The second-order valence-electron chi connectivity index (χ2n) is 6.23. The number of methoxy groups -OCH3 is 1. The molecule has 0 bridgehead atoms. The van der Waals surface area contributed by atoms with Crippen LogP contribution in [0.25, 0.3) is 11.1 Å². The number of aromatic amines is 1. The van der Waals surface area contributed by atoms with Gasteiger partial charge in [0.05, 0.1) is 24.7 Å². The Morgan fingerprint density at radius 1 is 0.929 bits per heavy atom. The van der Waals surface area contributed by atoms with E-state index >= 15 is 0 Å². The van der Waals surface area contributed by atoms with Crippen LogP contribution in [0.15, 0.2) is 90.2 Å². The van der Waals surface area contributed by atoms with Gasteiger partial charge in [-0.1, -0.05) is 30.3 Å². The first-order valence-electron chi connectivity index (χ1n) is 8.81. The molecule has 0 fully saturated rings. The Kier molecular flexibility index (Phi) is 4.97. The normalized spacial score (nSPS) is 11.4. The van der Waals surface area contributed by atoms with Crippen LogP contribution >= 0.6 is 0 Å². The van der Waals surface area contributed by atoms with Gasteiger partial charge in [0.1, 0.15) is 11.6 Å². The van der Waals surface area contributed by atoms with Crippen LogP contribution in [0.4, 0.5) is 10.1 Å². The number of hydrogen-bond acceptors (Lipinski definition) is 3. The number of nitrogens with zero attached hydrogens (tertiary/aromatic N) is 2. The quantitative estimate of drug-likeness (QED) is 0.478. The summed E-state index contributed by atoms with van der Waals surface area (Å²) in [5, 5.41) is 6.90. The van der Waals surface area contributed by atoms with Crippen molar-refractivity contribution in [1.82, 2.24) is 10.2 Å². The van der Waals surface area contributed by atoms with E-state index in [4.69, 9.17) is 9.73 Å². The molecule has 0 radical (unpaired) electrons. The summed E-state index contributed by atoms with van der Waals surface area (Å²) in [5.41, 5.74) is 5.36. The Morgan fingerprint density at radius 3 is 2.39 bits per heavy atom. The first-order chi connectivity index (χ1) is 13.7. The fourth-order valence-electron chi connectivity index (χ4n) is 2.95. The molecule has 0 saturated carbocycles. The van der Waals surface area contributed by atoms with Gasteiger partial charge in [0.2, 0.25) is 0 Å². The summed E-state index contributed by atoms with van der Waals surface area (Å²) in [6.45, 7) is 0. The van der Waals surface area contributed by atoms with Crippen LogP contribution in [0.1, 0.15) is 11.1 Å². The average Bonchev–Trinajstić information content (AvgIpc) is 3.27. The Morgan fingerprint density at radius 2 is 1.71 bits per heavy atom. The molecule has 1 aromatic heterocycles. The summed E-state index contributed by atoms with van der Waals surface area (Å²) in [6.07, 6.45) is 3.56. The molecule has 0 atom stereocenters. The average molecular weight is 371 g/mol. The molecule has 4 aromatic rings. The van der Waals surface area contributed by atoms with E-state index in [2.05, 4.69) is 10.2 Å². The Balaban J connectivity index is 1.78. The fraction of sp³-hybridized carbons (Fsp3) is 0.0435. The van der Waals surface area contributed by atoms with E-state index in [1.165, 1.54) is 12.1 Å². The zero-order chi connectivity index (χ0) is 19.3. The molecule has 0 aliphatic heterocycles. The van der Waals surface area contributed by atoms with Crippen molar-refractivity contribution in [3.63, 3.8) is 0 Å². The van der Waals surface area contributed by atoms with Crippen molar-refractivity contribution in [2.45, 2.75) is 0 Å². The summed E-state index contributed by atoms with van der Waals surface area (Å²) in [6, 6.07) is 22.0. The SMILES string of the molecule is COc1ccc(N=C(c2cn[nH]c2)c2cccc(-c3ccc(F)cc3)c2)cc1. The van der Waals surface area contributed by atoms with E-state index in [0.29, 0.717) is 0 Å². The van der Waals surface area contributed by atoms with Gasteiger partial charge in [0.15, 0.2) is 0 Å². The topological polar surface area (TPSA) is 50.3 Å². The van der Waals surface area contributed by atoms with Crippen LogP contribution in [0.5, 0.6) is 5.75 Å². The first-order valence-corrected chi connectivity index (χ1v) is 8.81. The highest BCUT2D eigenvalue weighted by atomic mass is 19.1. The lowest BCUT2D eigenvalue weighted by Crippen LogP contribution is -2.02. The summed E-state index contributed by atoms with van der Waals surface area (Å²) in [5.74, 6) is 0.530. The van der Waals surface area contributed by atoms with Gasteiger partial charge in [-0.25, -0.2) is 9.38 Å². The molecule has 3 aromatic carbocycles. The van der Waals surface area contributed by atoms with Crippen molar-refractivity contribution in [1.29, 1.82) is 0 Å². The second kappa shape index (κ2) is 7.88. The predicted octanol–water partition coefficient (Wildman–Crippen LogP) is 5.39. The van der Waals surface area contributed by atoms with E-state index in [-0.39, 0.29) is 5.82 Å². The molecule has 4 rings (SSSR count). The first kappa shape index (κ1) is 17.7. The van der Waals surface area contributed by atoms with E-state index in [1.807, 2.05) is 54.7 Å². The van der Waals surface area contributed by atoms with Crippen molar-refractivity contribution in [3.8, 4) is 16.9 Å². The molecular weight excluding hydrogens is 353 g/mol. The summed E-state index contributed by atoms with van der Waals surface area (Å²) >= 11 is 0. The molecule has 0 unspecified atom stereocenters. The van der Waals surface area contributed by atoms with Crippen molar-refractivity contribution in [2.75, 3.05) is 7.11 Å². The largest absolute Gasteiger partial charge is 0.497 e. The van der Waals surface area contributed by atoms with Gasteiger partial charge in [-0.05, 0) is 53.6 Å². The van der Waals surface area contributed by atoms with Crippen molar-refractivity contribution in [2.24, 2.45) is 4.99 Å². The summed E-state index contributed by atoms with van der Waals surface area (Å²) < 4.78 is 18.5. The molecule has 0 aliphatic rings. The van der Waals surface area contributed by atoms with Crippen molar-refractivity contribution < 1.29 is 9.13 Å². The second-order valence-corrected chi connectivity index (χ2v) is 6.23. The maximum absolute atomic E-state index is 13.3. The number of H-pyrrole nitrogens is 1. The summed E-state index contributed by atoms with van der Waals surface area (Å²) in [7, 11) is 1.64. The van der Waals surface area contributed by atoms with Crippen LogP contribution in [0.2, 0.25) is 0 Å². The Hall–Kier alpha value is -3.73. The monoisotopic (exact) mass is 371 g/mol. The smallest absolute Gasteiger partial charge is 0.123 e. The Labute approximate surface area is 162 Å². The zero-order valence-electron chi connectivity index (χ0n) is 15.3. The minimum absolute atomic E-state index is 0.250. The number of rotatable bonds is 5. The third kappa shape index (κ3) is 3.83. The maximum atomic E-state index is 13.3. The van der Waals surface area contributed by atoms with Gasteiger partial charge in [-0.3, -0.25) is 5.10 Å². The lowest BCUT2D eigenvalue weighted by molar-refractivity contribution is 0.415. The highest BCUT2D eigenvalue weighted by molar-refractivity contribution is 6.14. The van der Waals surface area contributed by atoms with Gasteiger partial charge in [-0.2, -0.15) is 5.10 Å². The molecule has 4 nitrogen and oxygen atoms in total. The van der Waals surface area contributed by atoms with Gasteiger partial charge in [0.25, 0.3) is 0 Å². The van der Waals surface area contributed by atoms with Crippen LogP contribution in [-0.2, 0) is 0 Å². The number of aromatic nitrogens is 2. The molecule has 0 saturated heterocycles. The molecule has 0 spiro atoms. The highest BCUT2D eigenvalue weighted by Crippen LogP contribution is 2.25. The molecule has 0 amide bonds. The molecular formula is C23H18FN3O. The molecule has 138 valence electrons. The molecule has 28 heavy (non-hydrogen) atoms. The highest BCUT2D eigenvalue weighted by Gasteiger charge is 2.10. The van der Waals surface area contributed by atoms with E-state index in [1.54, 1.807) is 25.4 Å². The van der Waals surface area contributed by atoms with E-state index in [0.717, 1.165) is 39.4 Å². The number of hydrogen-bond donors (Lipinski definition) is 1. The predicted molar refractivity (Wildman–Crippen MR) is 109 cm³/mol. The van der Waals surface area contributed by atoms with E-state index < -0.39 is 0 Å². The summed E-state index contributed by atoms with van der Waals surface area (Å²) in [4.78, 5) is 4.84. The van der Waals surface area contributed by atoms with E-state index in [9.17, 15) is 4.39 Å². The van der Waals surface area contributed by atoms with Crippen LogP contribution in [-0.4, -0.2) is 23.0 Å². The van der Waals surface area contributed by atoms with Crippen molar-refractivity contribution >= 4 is 11.4 Å². The van der Waals surface area contributed by atoms with Crippen molar-refractivity contribution in [3.05, 3.63) is 102 Å². The third-order valence-electron chi connectivity index (χ3n) is 4.40. The number of aliphatic imine (C=N–C) groups is 1. The molecule has 1 N–H and O–H groups in total. The van der Waals surface area contributed by atoms with Gasteiger partial charge in [-0.15, -0.1) is 0 Å². The van der Waals surface area contributed by atoms with Gasteiger partial charge in [0, 0.05) is 17.3 Å². The standard InChI is InChI=1S/C23H18FN3O/c1-28-22-11-9-21(10-12-22)27-23(19-14-25-26-15-19)18-4-2-3-17(13-18)16-5-7-20(24)8-6-16/h2-15H,1H3,(H,25,26). The van der Waals surface area contributed by atoms with Crippen LogP contribution < -0.4 is 4.74 Å². The zero-order valence-corrected chi connectivity index (χ0v) is 15.3. The molecule has 5 heteroatoms. The number of ether oxygens (including phenoxy) is 1. The Bertz CT molecular complexity index is 1090. The molecule has 0 aliphatic carbocycles. The maximum Gasteiger partial charge on any atom is 0.123 e. The fourth-order valence-corrected chi connectivity index (χ4v) is 2.95. The lowest BCUT2D eigenvalue weighted by Gasteiger charge is -2.09. The van der Waals surface area contributed by atoms with Gasteiger partial charge < -0.3 is 4.74 Å². The van der Waals surface area contributed by atoms with Gasteiger partial charge >= 0.3 is 0 Å². The molecule has 1 heterocycles. The van der Waals surface area contributed by atoms with Crippen LogP contribution in [0.3, 0.4) is 0 Å². The lowest BCUT2D eigenvalue weighted by atomic mass is 9.98. The number of halogens is 1. The number of nitrogens with one attached hydrogen (secondary N) is 1. The minimum Gasteiger partial charge on any atom is -0.497 e.